The Hall–Kier alpha value is -0.320. The maximum absolute atomic E-state index is 5.80. The molecular weight excluding hydrogens is 608 g/mol. The van der Waals surface area contributed by atoms with Gasteiger partial charge < -0.3 is 37.9 Å². The lowest BCUT2D eigenvalue weighted by Gasteiger charge is -2.08. The van der Waals surface area contributed by atoms with E-state index in [9.17, 15) is 0 Å². The number of hydrogen-bond donors (Lipinski definition) is 0. The summed E-state index contributed by atoms with van der Waals surface area (Å²) in [5, 5.41) is 0. The van der Waals surface area contributed by atoms with E-state index in [2.05, 4.69) is 0 Å². The predicted molar refractivity (Wildman–Crippen MR) is 197 cm³/mol. The highest BCUT2D eigenvalue weighted by molar-refractivity contribution is 4.49. The van der Waals surface area contributed by atoms with Crippen molar-refractivity contribution in [2.45, 2.75) is 154 Å². The minimum absolute atomic E-state index is 0.874. The van der Waals surface area contributed by atoms with Gasteiger partial charge in [-0.25, -0.2) is 0 Å². The highest BCUT2D eigenvalue weighted by Crippen LogP contribution is 2.06. The fraction of sp³-hybridized carbons (Fsp3) is 1.00. The van der Waals surface area contributed by atoms with Gasteiger partial charge in [-0.05, 0) is 154 Å². The molecule has 8 heteroatoms. The number of ether oxygens (including phenoxy) is 8. The maximum atomic E-state index is 5.80. The molecule has 0 aromatic heterocycles. The molecule has 0 amide bonds. The molecule has 0 spiro atoms. The zero-order valence-electron chi connectivity index (χ0n) is 31.6. The van der Waals surface area contributed by atoms with Crippen LogP contribution in [0, 0.1) is 0 Å². The van der Waals surface area contributed by atoms with E-state index < -0.39 is 0 Å². The first kappa shape index (κ1) is 45.7. The molecule has 1 rings (SSSR count). The lowest BCUT2D eigenvalue weighted by atomic mass is 10.2. The van der Waals surface area contributed by atoms with E-state index in [0.29, 0.717) is 0 Å². The minimum atomic E-state index is 0.874. The molecule has 48 heavy (non-hydrogen) atoms. The molecule has 0 aliphatic carbocycles. The molecule has 0 unspecified atom stereocenters. The number of rotatable bonds is 0. The van der Waals surface area contributed by atoms with Gasteiger partial charge in [-0.3, -0.25) is 0 Å². The third-order valence-corrected chi connectivity index (χ3v) is 8.62. The molecular formula is C40H80O8. The molecule has 0 atom stereocenters. The first-order chi connectivity index (χ1) is 24.0. The molecule has 0 bridgehead atoms. The van der Waals surface area contributed by atoms with Crippen LogP contribution in [0.1, 0.15) is 154 Å². The van der Waals surface area contributed by atoms with Crippen LogP contribution in [0.2, 0.25) is 0 Å². The zero-order chi connectivity index (χ0) is 33.9. The van der Waals surface area contributed by atoms with Crippen molar-refractivity contribution >= 4 is 0 Å². The Kier molecular flexibility index (Phi) is 40.8. The summed E-state index contributed by atoms with van der Waals surface area (Å²) >= 11 is 0. The van der Waals surface area contributed by atoms with Crippen molar-refractivity contribution in [3.05, 3.63) is 0 Å². The number of hydrogen-bond acceptors (Lipinski definition) is 8. The average Bonchev–Trinajstić information content (AvgIpc) is 3.10. The Bertz CT molecular complexity index is 299. The lowest BCUT2D eigenvalue weighted by Crippen LogP contribution is -2.03. The van der Waals surface area contributed by atoms with E-state index >= 15 is 0 Å². The second-order valence-electron chi connectivity index (χ2n) is 13.4. The van der Waals surface area contributed by atoms with Gasteiger partial charge in [0.1, 0.15) is 0 Å². The Morgan fingerprint density at radius 3 is 0.271 bits per heavy atom. The molecule has 0 radical (unpaired) electrons. The van der Waals surface area contributed by atoms with Crippen LogP contribution in [0.4, 0.5) is 0 Å². The summed E-state index contributed by atoms with van der Waals surface area (Å²) in [6.07, 6.45) is 27.6. The summed E-state index contributed by atoms with van der Waals surface area (Å²) in [4.78, 5) is 0. The third-order valence-electron chi connectivity index (χ3n) is 8.62. The largest absolute Gasteiger partial charge is 0.381 e. The van der Waals surface area contributed by atoms with Crippen molar-refractivity contribution in [2.24, 2.45) is 0 Å². The quantitative estimate of drug-likeness (QED) is 0.249. The summed E-state index contributed by atoms with van der Waals surface area (Å²) in [6.45, 7) is 14.0. The van der Waals surface area contributed by atoms with Gasteiger partial charge in [-0.2, -0.15) is 0 Å². The molecule has 0 N–H and O–H groups in total. The fourth-order valence-electron chi connectivity index (χ4n) is 5.50. The van der Waals surface area contributed by atoms with Crippen molar-refractivity contribution in [2.75, 3.05) is 106 Å². The Morgan fingerprint density at radius 1 is 0.104 bits per heavy atom. The van der Waals surface area contributed by atoms with Crippen molar-refractivity contribution < 1.29 is 37.9 Å². The molecule has 1 heterocycles. The maximum Gasteiger partial charge on any atom is 0.0466 e. The van der Waals surface area contributed by atoms with Crippen LogP contribution in [0.5, 0.6) is 0 Å². The van der Waals surface area contributed by atoms with Crippen molar-refractivity contribution in [3.63, 3.8) is 0 Å². The van der Waals surface area contributed by atoms with Gasteiger partial charge in [-0.15, -0.1) is 0 Å². The molecule has 0 saturated carbocycles. The fourth-order valence-corrected chi connectivity index (χ4v) is 5.50. The summed E-state index contributed by atoms with van der Waals surface area (Å²) in [5.41, 5.74) is 0. The van der Waals surface area contributed by atoms with Crippen LogP contribution in [0.15, 0.2) is 0 Å². The van der Waals surface area contributed by atoms with Crippen LogP contribution < -0.4 is 0 Å². The van der Waals surface area contributed by atoms with E-state index in [4.69, 9.17) is 37.9 Å². The monoisotopic (exact) mass is 689 g/mol. The van der Waals surface area contributed by atoms with Crippen molar-refractivity contribution in [1.29, 1.82) is 0 Å². The van der Waals surface area contributed by atoms with Crippen LogP contribution >= 0.6 is 0 Å². The Balaban J connectivity index is 2.00. The summed E-state index contributed by atoms with van der Waals surface area (Å²) in [5.74, 6) is 0. The first-order valence-corrected chi connectivity index (χ1v) is 20.6. The first-order valence-electron chi connectivity index (χ1n) is 20.6. The van der Waals surface area contributed by atoms with Gasteiger partial charge in [-0.1, -0.05) is 0 Å². The predicted octanol–water partition coefficient (Wildman–Crippen LogP) is 9.50. The molecule has 1 fully saturated rings. The summed E-state index contributed by atoms with van der Waals surface area (Å²) in [7, 11) is 0. The normalized spacial score (nSPS) is 24.0. The summed E-state index contributed by atoms with van der Waals surface area (Å²) in [6, 6.07) is 0. The third kappa shape index (κ3) is 40.1. The van der Waals surface area contributed by atoms with Gasteiger partial charge in [0.25, 0.3) is 0 Å². The molecule has 8 nitrogen and oxygen atoms in total. The second-order valence-corrected chi connectivity index (χ2v) is 13.4. The molecule has 1 aliphatic heterocycles. The van der Waals surface area contributed by atoms with Gasteiger partial charge in [0.05, 0.1) is 0 Å². The van der Waals surface area contributed by atoms with E-state index in [-0.39, 0.29) is 0 Å². The smallest absolute Gasteiger partial charge is 0.0466 e. The van der Waals surface area contributed by atoms with Crippen molar-refractivity contribution in [1.82, 2.24) is 0 Å². The second kappa shape index (κ2) is 42.8. The Morgan fingerprint density at radius 2 is 0.188 bits per heavy atom. The lowest BCUT2D eigenvalue weighted by molar-refractivity contribution is 0.0974. The van der Waals surface area contributed by atoms with E-state index in [1.165, 1.54) is 51.4 Å². The Labute approximate surface area is 297 Å². The molecule has 0 aromatic carbocycles. The summed E-state index contributed by atoms with van der Waals surface area (Å²) < 4.78 is 46.4. The van der Waals surface area contributed by atoms with Crippen LogP contribution in [-0.4, -0.2) is 106 Å². The highest BCUT2D eigenvalue weighted by atomic mass is 16.5. The van der Waals surface area contributed by atoms with Gasteiger partial charge in [0.15, 0.2) is 0 Å². The van der Waals surface area contributed by atoms with Crippen LogP contribution in [0.3, 0.4) is 0 Å². The van der Waals surface area contributed by atoms with Crippen LogP contribution in [-0.2, 0) is 37.9 Å². The highest BCUT2D eigenvalue weighted by Gasteiger charge is 1.99. The van der Waals surface area contributed by atoms with E-state index in [1.54, 1.807) is 0 Å². The standard InChI is InChI=1S/C40H80O8/c1-9-25-41-27-11-2-13-29-43-31-15-4-17-33-45-35-19-6-21-37-47-39-23-8-24-40-48-38-22-7-20-36-46-34-18-5-16-32-44-30-14-3-12-28-42-26-10-1/h1-40H2. The van der Waals surface area contributed by atoms with E-state index in [0.717, 1.165) is 208 Å². The molecule has 0 aromatic rings. The SMILES string of the molecule is C1CCOCCCCCOCCCCCOCCCCCOCCCCCOCCCCCOCCCCCOCCCCCOCC1. The molecule has 288 valence electrons. The van der Waals surface area contributed by atoms with Crippen molar-refractivity contribution in [3.8, 4) is 0 Å². The van der Waals surface area contributed by atoms with Gasteiger partial charge in [0.2, 0.25) is 0 Å². The molecule has 1 saturated heterocycles. The molecule has 1 aliphatic rings. The average molecular weight is 689 g/mol. The van der Waals surface area contributed by atoms with Gasteiger partial charge >= 0.3 is 0 Å². The van der Waals surface area contributed by atoms with Gasteiger partial charge in [0, 0.05) is 106 Å². The zero-order valence-corrected chi connectivity index (χ0v) is 31.6. The minimum Gasteiger partial charge on any atom is -0.381 e. The van der Waals surface area contributed by atoms with E-state index in [1.807, 2.05) is 0 Å². The van der Waals surface area contributed by atoms with Crippen LogP contribution in [0.25, 0.3) is 0 Å². The topological polar surface area (TPSA) is 73.8 Å².